The van der Waals surface area contributed by atoms with Gasteiger partial charge < -0.3 is 9.53 Å². The third kappa shape index (κ3) is 3.14. The van der Waals surface area contributed by atoms with Crippen molar-refractivity contribution in [3.05, 3.63) is 28.5 Å². The van der Waals surface area contributed by atoms with Gasteiger partial charge in [-0.25, -0.2) is 4.39 Å². The molecule has 70 valence electrons. The lowest BCUT2D eigenvalue weighted by Crippen LogP contribution is -1.98. The zero-order valence-corrected chi connectivity index (χ0v) is 8.38. The molecule has 4 heteroatoms. The molecule has 0 heterocycles. The fraction of sp³-hybridized carbons (Fsp3) is 0.222. The van der Waals surface area contributed by atoms with Gasteiger partial charge in [0.15, 0.2) is 0 Å². The van der Waals surface area contributed by atoms with Gasteiger partial charge in [-0.15, -0.1) is 0 Å². The number of ether oxygens (including phenoxy) is 1. The van der Waals surface area contributed by atoms with Gasteiger partial charge in [0.25, 0.3) is 0 Å². The fourth-order valence-corrected chi connectivity index (χ4v) is 1.17. The SMILES string of the molecule is O=CCCOc1cc(F)ccc1Br. The van der Waals surface area contributed by atoms with Gasteiger partial charge in [0.05, 0.1) is 11.1 Å². The topological polar surface area (TPSA) is 26.3 Å². The summed E-state index contributed by atoms with van der Waals surface area (Å²) in [6.45, 7) is 0.269. The predicted molar refractivity (Wildman–Crippen MR) is 50.3 cm³/mol. The third-order valence-electron chi connectivity index (χ3n) is 1.39. The van der Waals surface area contributed by atoms with E-state index in [1.807, 2.05) is 0 Å². The summed E-state index contributed by atoms with van der Waals surface area (Å²) >= 11 is 3.20. The van der Waals surface area contributed by atoms with E-state index in [4.69, 9.17) is 4.74 Å². The number of hydrogen-bond donors (Lipinski definition) is 0. The van der Waals surface area contributed by atoms with E-state index in [1.54, 1.807) is 6.07 Å². The van der Waals surface area contributed by atoms with E-state index in [9.17, 15) is 9.18 Å². The van der Waals surface area contributed by atoms with Crippen LogP contribution in [0.1, 0.15) is 6.42 Å². The summed E-state index contributed by atoms with van der Waals surface area (Å²) in [5.74, 6) is 0.0613. The average molecular weight is 247 g/mol. The van der Waals surface area contributed by atoms with Crippen LogP contribution in [-0.4, -0.2) is 12.9 Å². The highest BCUT2D eigenvalue weighted by Crippen LogP contribution is 2.25. The van der Waals surface area contributed by atoms with Crippen molar-refractivity contribution in [1.82, 2.24) is 0 Å². The molecule has 0 aliphatic heterocycles. The van der Waals surface area contributed by atoms with Gasteiger partial charge in [-0.2, -0.15) is 0 Å². The normalized spacial score (nSPS) is 9.69. The fourth-order valence-electron chi connectivity index (χ4n) is 0.805. The van der Waals surface area contributed by atoms with Crippen LogP contribution in [0.5, 0.6) is 5.75 Å². The molecular formula is C9H8BrFO2. The Balaban J connectivity index is 2.64. The molecule has 0 atom stereocenters. The second kappa shape index (κ2) is 4.97. The van der Waals surface area contributed by atoms with Crippen LogP contribution >= 0.6 is 15.9 Å². The van der Waals surface area contributed by atoms with Crippen molar-refractivity contribution < 1.29 is 13.9 Å². The minimum atomic E-state index is -0.357. The van der Waals surface area contributed by atoms with Gasteiger partial charge >= 0.3 is 0 Å². The Hall–Kier alpha value is -0.900. The molecule has 0 radical (unpaired) electrons. The average Bonchev–Trinajstić information content (AvgIpc) is 2.11. The Bertz CT molecular complexity index is 302. The molecule has 0 aliphatic rings. The van der Waals surface area contributed by atoms with E-state index in [1.165, 1.54) is 12.1 Å². The highest BCUT2D eigenvalue weighted by molar-refractivity contribution is 9.10. The Morgan fingerprint density at radius 3 is 3.00 bits per heavy atom. The standard InChI is InChI=1S/C9H8BrFO2/c10-8-3-2-7(11)6-9(8)13-5-1-4-12/h2-4,6H,1,5H2. The number of benzene rings is 1. The van der Waals surface area contributed by atoms with Gasteiger partial charge in [0.2, 0.25) is 0 Å². The Kier molecular flexibility index (Phi) is 3.89. The van der Waals surface area contributed by atoms with Crippen molar-refractivity contribution in [2.24, 2.45) is 0 Å². The van der Waals surface area contributed by atoms with Crippen molar-refractivity contribution in [2.45, 2.75) is 6.42 Å². The molecule has 0 bridgehead atoms. The van der Waals surface area contributed by atoms with E-state index in [2.05, 4.69) is 15.9 Å². The Morgan fingerprint density at radius 2 is 2.31 bits per heavy atom. The summed E-state index contributed by atoms with van der Waals surface area (Å²) in [6.07, 6.45) is 1.07. The predicted octanol–water partition coefficient (Wildman–Crippen LogP) is 2.56. The van der Waals surface area contributed by atoms with Gasteiger partial charge in [0, 0.05) is 12.5 Å². The van der Waals surface area contributed by atoms with Crippen LogP contribution in [-0.2, 0) is 4.79 Å². The summed E-state index contributed by atoms with van der Waals surface area (Å²) in [7, 11) is 0. The van der Waals surface area contributed by atoms with Crippen LogP contribution in [0.3, 0.4) is 0 Å². The molecule has 13 heavy (non-hydrogen) atoms. The van der Waals surface area contributed by atoms with Gasteiger partial charge in [-0.05, 0) is 28.1 Å². The zero-order valence-electron chi connectivity index (χ0n) is 6.80. The van der Waals surface area contributed by atoms with Gasteiger partial charge in [-0.1, -0.05) is 0 Å². The summed E-state index contributed by atoms with van der Waals surface area (Å²) < 4.78 is 18.5. The molecule has 1 aromatic rings. The minimum absolute atomic E-state index is 0.269. The first-order valence-electron chi connectivity index (χ1n) is 3.75. The zero-order chi connectivity index (χ0) is 9.68. The monoisotopic (exact) mass is 246 g/mol. The highest BCUT2D eigenvalue weighted by Gasteiger charge is 2.01. The van der Waals surface area contributed by atoms with E-state index in [0.717, 1.165) is 6.29 Å². The number of rotatable bonds is 4. The third-order valence-corrected chi connectivity index (χ3v) is 2.04. The van der Waals surface area contributed by atoms with Gasteiger partial charge in [0.1, 0.15) is 17.9 Å². The quantitative estimate of drug-likeness (QED) is 0.603. The highest BCUT2D eigenvalue weighted by atomic mass is 79.9. The van der Waals surface area contributed by atoms with E-state index in [0.29, 0.717) is 16.6 Å². The van der Waals surface area contributed by atoms with Crippen LogP contribution in [0.25, 0.3) is 0 Å². The van der Waals surface area contributed by atoms with Crippen molar-refractivity contribution in [3.8, 4) is 5.75 Å². The molecule has 0 fully saturated rings. The maximum Gasteiger partial charge on any atom is 0.136 e. The van der Waals surface area contributed by atoms with Crippen molar-refractivity contribution in [3.63, 3.8) is 0 Å². The maximum absolute atomic E-state index is 12.7. The van der Waals surface area contributed by atoms with Crippen molar-refractivity contribution in [2.75, 3.05) is 6.61 Å². The first kappa shape index (κ1) is 10.2. The Morgan fingerprint density at radius 1 is 1.54 bits per heavy atom. The first-order valence-corrected chi connectivity index (χ1v) is 4.55. The van der Waals surface area contributed by atoms with Crippen LogP contribution in [0, 0.1) is 5.82 Å². The molecule has 0 spiro atoms. The number of carbonyl (C=O) groups excluding carboxylic acids is 1. The number of hydrogen-bond acceptors (Lipinski definition) is 2. The van der Waals surface area contributed by atoms with Crippen molar-refractivity contribution in [1.29, 1.82) is 0 Å². The Labute approximate surface area is 83.8 Å². The molecule has 0 N–H and O–H groups in total. The minimum Gasteiger partial charge on any atom is -0.492 e. The summed E-state index contributed by atoms with van der Waals surface area (Å²) in [6, 6.07) is 4.16. The smallest absolute Gasteiger partial charge is 0.136 e. The second-order valence-corrected chi connectivity index (χ2v) is 3.23. The lowest BCUT2D eigenvalue weighted by molar-refractivity contribution is -0.108. The van der Waals surface area contributed by atoms with Gasteiger partial charge in [-0.3, -0.25) is 0 Å². The first-order chi connectivity index (χ1) is 6.24. The van der Waals surface area contributed by atoms with Crippen LogP contribution < -0.4 is 4.74 Å². The molecular weight excluding hydrogens is 239 g/mol. The lowest BCUT2D eigenvalue weighted by atomic mass is 10.3. The molecule has 0 amide bonds. The second-order valence-electron chi connectivity index (χ2n) is 2.38. The van der Waals surface area contributed by atoms with Crippen molar-refractivity contribution >= 4 is 22.2 Å². The number of aldehydes is 1. The molecule has 0 unspecified atom stereocenters. The molecule has 0 saturated heterocycles. The summed E-state index contributed by atoms with van der Waals surface area (Å²) in [5.41, 5.74) is 0. The molecule has 0 saturated carbocycles. The molecule has 1 aromatic carbocycles. The largest absolute Gasteiger partial charge is 0.492 e. The van der Waals surface area contributed by atoms with Crippen LogP contribution in [0.4, 0.5) is 4.39 Å². The molecule has 2 nitrogen and oxygen atoms in total. The molecule has 0 aromatic heterocycles. The van der Waals surface area contributed by atoms with Crippen LogP contribution in [0.15, 0.2) is 22.7 Å². The lowest BCUT2D eigenvalue weighted by Gasteiger charge is -2.05. The number of carbonyl (C=O) groups is 1. The summed E-state index contributed by atoms with van der Waals surface area (Å²) in [4.78, 5) is 9.98. The maximum atomic E-state index is 12.7. The number of halogens is 2. The van der Waals surface area contributed by atoms with E-state index >= 15 is 0 Å². The van der Waals surface area contributed by atoms with E-state index in [-0.39, 0.29) is 12.4 Å². The van der Waals surface area contributed by atoms with Crippen LogP contribution in [0.2, 0.25) is 0 Å². The van der Waals surface area contributed by atoms with E-state index < -0.39 is 0 Å². The molecule has 0 aliphatic carbocycles. The summed E-state index contributed by atoms with van der Waals surface area (Å²) in [5, 5.41) is 0. The molecule has 1 rings (SSSR count).